The summed E-state index contributed by atoms with van der Waals surface area (Å²) in [5.74, 6) is 1.65. The molecule has 112 valence electrons. The molecule has 0 aliphatic carbocycles. The normalized spacial score (nSPS) is 17.2. The number of hydrogen-bond acceptors (Lipinski definition) is 2. The van der Waals surface area contributed by atoms with Gasteiger partial charge in [-0.1, -0.05) is 41.9 Å². The molecule has 0 saturated carbocycles. The number of benzene rings is 2. The van der Waals surface area contributed by atoms with Gasteiger partial charge < -0.3 is 4.74 Å². The molecule has 2 aliphatic rings. The first-order chi connectivity index (χ1) is 10.8. The van der Waals surface area contributed by atoms with E-state index in [0.717, 1.165) is 29.2 Å². The minimum absolute atomic E-state index is 0.668. The number of para-hydroxylation sites is 2. The van der Waals surface area contributed by atoms with Crippen LogP contribution >= 0.6 is 11.6 Å². The molecule has 3 heteroatoms. The minimum Gasteiger partial charge on any atom is -0.455 e. The summed E-state index contributed by atoms with van der Waals surface area (Å²) < 4.78 is 6.13. The van der Waals surface area contributed by atoms with Crippen LogP contribution in [0.2, 0.25) is 5.02 Å². The lowest BCUT2D eigenvalue weighted by Crippen LogP contribution is -2.21. The van der Waals surface area contributed by atoms with Crippen LogP contribution in [0.5, 0.6) is 11.5 Å². The predicted molar refractivity (Wildman–Crippen MR) is 91.5 cm³/mol. The summed E-state index contributed by atoms with van der Waals surface area (Å²) in [5.41, 5.74) is 3.50. The van der Waals surface area contributed by atoms with Gasteiger partial charge in [-0.2, -0.15) is 0 Å². The number of rotatable bonds is 2. The Kier molecular flexibility index (Phi) is 3.65. The van der Waals surface area contributed by atoms with Crippen molar-refractivity contribution in [2.45, 2.75) is 12.8 Å². The third-order valence-electron chi connectivity index (χ3n) is 4.37. The Morgan fingerprint density at radius 1 is 1.00 bits per heavy atom. The Bertz CT molecular complexity index is 732. The van der Waals surface area contributed by atoms with Crippen LogP contribution in [0.25, 0.3) is 11.6 Å². The van der Waals surface area contributed by atoms with E-state index >= 15 is 0 Å². The molecular weight excluding hydrogens is 294 g/mol. The second kappa shape index (κ2) is 5.79. The fourth-order valence-corrected chi connectivity index (χ4v) is 3.46. The van der Waals surface area contributed by atoms with Crippen LogP contribution in [0.3, 0.4) is 0 Å². The molecule has 22 heavy (non-hydrogen) atoms. The molecule has 2 aromatic carbocycles. The summed E-state index contributed by atoms with van der Waals surface area (Å²) in [6.07, 6.45) is 4.83. The summed E-state index contributed by atoms with van der Waals surface area (Å²) in [4.78, 5) is 2.50. The standard InChI is InChI=1S/C19H18ClNO/c20-17-8-5-7-16-15(13-21-10-3-4-11-21)12-14-6-1-2-9-18(14)22-19(16)17/h1-2,5-9,12H,3-4,10-11,13H2. The number of fused-ring (bicyclic) bond motifs is 2. The monoisotopic (exact) mass is 311 g/mol. The number of halogens is 1. The lowest BCUT2D eigenvalue weighted by atomic mass is 10.0. The van der Waals surface area contributed by atoms with Crippen LogP contribution in [0.1, 0.15) is 24.0 Å². The van der Waals surface area contributed by atoms with Crippen molar-refractivity contribution in [3.63, 3.8) is 0 Å². The third kappa shape index (κ3) is 2.53. The minimum atomic E-state index is 0.668. The van der Waals surface area contributed by atoms with Gasteiger partial charge in [0.2, 0.25) is 0 Å². The molecule has 0 aromatic heterocycles. The molecule has 2 heterocycles. The van der Waals surface area contributed by atoms with Crippen LogP contribution in [-0.2, 0) is 0 Å². The molecule has 2 aliphatic heterocycles. The summed E-state index contributed by atoms with van der Waals surface area (Å²) in [6, 6.07) is 14.1. The van der Waals surface area contributed by atoms with E-state index in [0.29, 0.717) is 5.02 Å². The largest absolute Gasteiger partial charge is 0.455 e. The molecule has 2 aromatic rings. The molecule has 2 nitrogen and oxygen atoms in total. The maximum Gasteiger partial charge on any atom is 0.153 e. The van der Waals surface area contributed by atoms with Gasteiger partial charge in [0.05, 0.1) is 5.02 Å². The van der Waals surface area contributed by atoms with Crippen molar-refractivity contribution < 1.29 is 4.74 Å². The highest BCUT2D eigenvalue weighted by Crippen LogP contribution is 2.42. The highest BCUT2D eigenvalue weighted by molar-refractivity contribution is 6.32. The quantitative estimate of drug-likeness (QED) is 0.766. The first kappa shape index (κ1) is 13.9. The van der Waals surface area contributed by atoms with Crippen LogP contribution in [0.15, 0.2) is 42.5 Å². The van der Waals surface area contributed by atoms with Gasteiger partial charge in [-0.05, 0) is 49.7 Å². The van der Waals surface area contributed by atoms with E-state index < -0.39 is 0 Å². The van der Waals surface area contributed by atoms with E-state index in [9.17, 15) is 0 Å². The third-order valence-corrected chi connectivity index (χ3v) is 4.66. The molecule has 0 spiro atoms. The van der Waals surface area contributed by atoms with Gasteiger partial charge in [-0.15, -0.1) is 0 Å². The Balaban J connectivity index is 1.83. The van der Waals surface area contributed by atoms with Gasteiger partial charge in [-0.3, -0.25) is 4.90 Å². The van der Waals surface area contributed by atoms with Gasteiger partial charge in [0.25, 0.3) is 0 Å². The molecule has 0 unspecified atom stereocenters. The average Bonchev–Trinajstić information content (AvgIpc) is 2.97. The van der Waals surface area contributed by atoms with E-state index in [1.54, 1.807) is 0 Å². The number of ether oxygens (including phenoxy) is 1. The zero-order valence-electron chi connectivity index (χ0n) is 12.4. The molecular formula is C19H18ClNO. The SMILES string of the molecule is Clc1cccc2c1Oc1ccccc1C=C2CN1CCCC1. The maximum absolute atomic E-state index is 6.40. The molecule has 4 rings (SSSR count). The van der Waals surface area contributed by atoms with Crippen LogP contribution in [0.4, 0.5) is 0 Å². The summed E-state index contributed by atoms with van der Waals surface area (Å²) in [6.45, 7) is 3.30. The van der Waals surface area contributed by atoms with E-state index in [2.05, 4.69) is 23.1 Å². The topological polar surface area (TPSA) is 12.5 Å². The highest BCUT2D eigenvalue weighted by atomic mass is 35.5. The van der Waals surface area contributed by atoms with Crippen molar-refractivity contribution in [1.29, 1.82) is 0 Å². The summed E-state index contributed by atoms with van der Waals surface area (Å²) in [7, 11) is 0. The second-order valence-electron chi connectivity index (χ2n) is 5.91. The molecule has 0 amide bonds. The zero-order valence-corrected chi connectivity index (χ0v) is 13.1. The van der Waals surface area contributed by atoms with Crippen molar-refractivity contribution in [2.24, 2.45) is 0 Å². The van der Waals surface area contributed by atoms with Crippen LogP contribution in [-0.4, -0.2) is 24.5 Å². The molecule has 1 saturated heterocycles. The van der Waals surface area contributed by atoms with Gasteiger partial charge in [0, 0.05) is 17.7 Å². The smallest absolute Gasteiger partial charge is 0.153 e. The Morgan fingerprint density at radius 2 is 1.82 bits per heavy atom. The second-order valence-corrected chi connectivity index (χ2v) is 6.32. The van der Waals surface area contributed by atoms with E-state index in [-0.39, 0.29) is 0 Å². The van der Waals surface area contributed by atoms with Crippen molar-refractivity contribution in [3.05, 3.63) is 58.6 Å². The predicted octanol–water partition coefficient (Wildman–Crippen LogP) is 5.08. The first-order valence-corrected chi connectivity index (χ1v) is 8.18. The van der Waals surface area contributed by atoms with Gasteiger partial charge in [0.15, 0.2) is 5.75 Å². The fourth-order valence-electron chi connectivity index (χ4n) is 3.25. The van der Waals surface area contributed by atoms with Crippen molar-refractivity contribution in [2.75, 3.05) is 19.6 Å². The van der Waals surface area contributed by atoms with Gasteiger partial charge in [-0.25, -0.2) is 0 Å². The van der Waals surface area contributed by atoms with Crippen molar-refractivity contribution in [3.8, 4) is 11.5 Å². The van der Waals surface area contributed by atoms with E-state index in [4.69, 9.17) is 16.3 Å². The molecule has 0 radical (unpaired) electrons. The van der Waals surface area contributed by atoms with Crippen LogP contribution in [0, 0.1) is 0 Å². The van der Waals surface area contributed by atoms with Crippen LogP contribution < -0.4 is 4.74 Å². The van der Waals surface area contributed by atoms with Gasteiger partial charge >= 0.3 is 0 Å². The molecule has 0 atom stereocenters. The van der Waals surface area contributed by atoms with Crippen molar-refractivity contribution >= 4 is 23.3 Å². The lowest BCUT2D eigenvalue weighted by Gasteiger charge is -2.18. The Hall–Kier alpha value is -1.77. The highest BCUT2D eigenvalue weighted by Gasteiger charge is 2.21. The van der Waals surface area contributed by atoms with E-state index in [1.807, 2.05) is 30.3 Å². The number of hydrogen-bond donors (Lipinski definition) is 0. The average molecular weight is 312 g/mol. The van der Waals surface area contributed by atoms with Crippen molar-refractivity contribution in [1.82, 2.24) is 4.90 Å². The Labute approximate surface area is 136 Å². The molecule has 0 N–H and O–H groups in total. The fraction of sp³-hybridized carbons (Fsp3) is 0.263. The van der Waals surface area contributed by atoms with E-state index in [1.165, 1.54) is 31.5 Å². The lowest BCUT2D eigenvalue weighted by molar-refractivity contribution is 0.383. The maximum atomic E-state index is 6.40. The summed E-state index contributed by atoms with van der Waals surface area (Å²) in [5, 5.41) is 0.668. The number of likely N-dealkylation sites (tertiary alicyclic amines) is 1. The summed E-state index contributed by atoms with van der Waals surface area (Å²) >= 11 is 6.40. The Morgan fingerprint density at radius 3 is 2.68 bits per heavy atom. The van der Waals surface area contributed by atoms with Gasteiger partial charge in [0.1, 0.15) is 5.75 Å². The molecule has 0 bridgehead atoms. The number of nitrogens with zero attached hydrogens (tertiary/aromatic N) is 1. The molecule has 1 fully saturated rings. The first-order valence-electron chi connectivity index (χ1n) is 7.80. The zero-order chi connectivity index (χ0) is 14.9.